The Morgan fingerprint density at radius 3 is 2.61 bits per heavy atom. The topological polar surface area (TPSA) is 48.9 Å². The number of carbonyl (C=O) groups excluding carboxylic acids is 1. The predicted molar refractivity (Wildman–Crippen MR) is 133 cm³/mol. The van der Waals surface area contributed by atoms with E-state index in [1.807, 2.05) is 4.90 Å². The van der Waals surface area contributed by atoms with E-state index in [0.29, 0.717) is 5.91 Å². The van der Waals surface area contributed by atoms with Gasteiger partial charge < -0.3 is 19.4 Å². The van der Waals surface area contributed by atoms with E-state index in [2.05, 4.69) is 48.0 Å². The number of benzene rings is 1. The van der Waals surface area contributed by atoms with E-state index in [4.69, 9.17) is 9.72 Å². The van der Waals surface area contributed by atoms with Crippen molar-refractivity contribution in [3.63, 3.8) is 0 Å². The lowest BCUT2D eigenvalue weighted by Crippen LogP contribution is -2.49. The number of nitrogens with zero attached hydrogens (tertiary/aromatic N) is 4. The summed E-state index contributed by atoms with van der Waals surface area (Å²) in [4.78, 5) is 26.0. The van der Waals surface area contributed by atoms with E-state index in [0.717, 1.165) is 86.6 Å². The molecule has 6 nitrogen and oxygen atoms in total. The second-order valence-corrected chi connectivity index (χ2v) is 11.0. The van der Waals surface area contributed by atoms with Gasteiger partial charge in [-0.3, -0.25) is 4.79 Å². The second kappa shape index (κ2) is 10.1. The Kier molecular flexibility index (Phi) is 6.99. The number of rotatable bonds is 7. The third-order valence-corrected chi connectivity index (χ3v) is 8.63. The molecule has 3 aliphatic rings. The average Bonchev–Trinajstić information content (AvgIpc) is 3.52. The molecule has 2 aromatic rings. The number of hydrogen-bond donors (Lipinski definition) is 0. The summed E-state index contributed by atoms with van der Waals surface area (Å²) in [5.74, 6) is 1.32. The van der Waals surface area contributed by atoms with Gasteiger partial charge in [-0.1, -0.05) is 0 Å². The number of fused-ring (bicyclic) bond motifs is 1. The number of carbonyl (C=O) groups is 1. The fourth-order valence-corrected chi connectivity index (χ4v) is 6.47. The van der Waals surface area contributed by atoms with Crippen molar-refractivity contribution in [3.8, 4) is 16.3 Å². The minimum atomic E-state index is 0.0792. The van der Waals surface area contributed by atoms with Gasteiger partial charge in [-0.2, -0.15) is 0 Å². The predicted octanol–water partition coefficient (Wildman–Crippen LogP) is 3.55. The van der Waals surface area contributed by atoms with Crippen molar-refractivity contribution in [3.05, 3.63) is 34.8 Å². The Balaban J connectivity index is 1.11. The van der Waals surface area contributed by atoms with Crippen LogP contribution >= 0.6 is 11.3 Å². The first-order chi connectivity index (χ1) is 16.1. The molecule has 5 rings (SSSR count). The van der Waals surface area contributed by atoms with Crippen LogP contribution < -0.4 is 4.74 Å². The number of ether oxygens (including phenoxy) is 1. The van der Waals surface area contributed by atoms with Crippen LogP contribution in [0.1, 0.15) is 36.8 Å². The molecule has 2 atom stereocenters. The van der Waals surface area contributed by atoms with Gasteiger partial charge in [-0.25, -0.2) is 4.98 Å². The molecular formula is C26H36N4O2S. The van der Waals surface area contributed by atoms with Crippen molar-refractivity contribution in [2.45, 2.75) is 45.1 Å². The molecule has 2 aliphatic heterocycles. The summed E-state index contributed by atoms with van der Waals surface area (Å²) in [7, 11) is 2.12. The van der Waals surface area contributed by atoms with Crippen LogP contribution in [-0.4, -0.2) is 84.6 Å². The Morgan fingerprint density at radius 1 is 1.12 bits per heavy atom. The van der Waals surface area contributed by atoms with Crippen molar-refractivity contribution in [2.24, 2.45) is 5.92 Å². The highest BCUT2D eigenvalue weighted by Crippen LogP contribution is 2.37. The molecular weight excluding hydrogens is 432 g/mol. The lowest BCUT2D eigenvalue weighted by atomic mass is 10.1. The molecule has 0 saturated carbocycles. The highest BCUT2D eigenvalue weighted by Gasteiger charge is 2.34. The summed E-state index contributed by atoms with van der Waals surface area (Å²) in [5.41, 5.74) is 2.26. The number of thiazole rings is 1. The molecule has 0 bridgehead atoms. The zero-order chi connectivity index (χ0) is 22.8. The van der Waals surface area contributed by atoms with E-state index in [9.17, 15) is 4.79 Å². The van der Waals surface area contributed by atoms with Crippen molar-refractivity contribution < 1.29 is 9.53 Å². The SMILES string of the molecule is C[C@@H]1CCCN1CCCOc1ccc(-c2nc3c(s2)CC(C(=O)N2CCN(C)CC2)C3)cc1. The Morgan fingerprint density at radius 2 is 1.91 bits per heavy atom. The third-order valence-electron chi connectivity index (χ3n) is 7.46. The summed E-state index contributed by atoms with van der Waals surface area (Å²) in [6.07, 6.45) is 5.36. The smallest absolute Gasteiger partial charge is 0.226 e. The lowest BCUT2D eigenvalue weighted by molar-refractivity contribution is -0.136. The molecule has 3 heterocycles. The highest BCUT2D eigenvalue weighted by atomic mass is 32.1. The number of piperazine rings is 1. The van der Waals surface area contributed by atoms with E-state index >= 15 is 0 Å². The Bertz CT molecular complexity index is 928. The van der Waals surface area contributed by atoms with E-state index in [-0.39, 0.29) is 5.92 Å². The average molecular weight is 469 g/mol. The third kappa shape index (κ3) is 5.26. The molecule has 2 saturated heterocycles. The van der Waals surface area contributed by atoms with E-state index in [1.165, 1.54) is 24.3 Å². The zero-order valence-corrected chi connectivity index (χ0v) is 20.8. The molecule has 2 fully saturated rings. The van der Waals surface area contributed by atoms with Crippen molar-refractivity contribution in [1.82, 2.24) is 19.7 Å². The molecule has 1 aromatic heterocycles. The maximum absolute atomic E-state index is 12.9. The molecule has 1 unspecified atom stereocenters. The van der Waals surface area contributed by atoms with Gasteiger partial charge in [0.05, 0.1) is 12.3 Å². The number of hydrogen-bond acceptors (Lipinski definition) is 6. The van der Waals surface area contributed by atoms with Gasteiger partial charge >= 0.3 is 0 Å². The van der Waals surface area contributed by atoms with Crippen LogP contribution in [0.2, 0.25) is 0 Å². The summed E-state index contributed by atoms with van der Waals surface area (Å²) in [6.45, 7) is 9.10. The Labute approximate surface area is 201 Å². The standard InChI is InChI=1S/C26H36N4O2S/c1-19-5-3-10-29(19)11-4-16-32-22-8-6-20(7-9-22)25-27-23-17-21(18-24(23)33-25)26(31)30-14-12-28(2)13-15-30/h6-9,19,21H,3-5,10-18H2,1-2H3/t19-,21?/m1/s1. The first-order valence-corrected chi connectivity index (χ1v) is 13.3. The normalized spacial score (nSPS) is 23.8. The first kappa shape index (κ1) is 22.8. The van der Waals surface area contributed by atoms with E-state index < -0.39 is 0 Å². The van der Waals surface area contributed by atoms with E-state index in [1.54, 1.807) is 11.3 Å². The van der Waals surface area contributed by atoms with Crippen LogP contribution in [-0.2, 0) is 17.6 Å². The number of likely N-dealkylation sites (tertiary alicyclic amines) is 1. The van der Waals surface area contributed by atoms with Gasteiger partial charge in [0.25, 0.3) is 0 Å². The van der Waals surface area contributed by atoms with Crippen LogP contribution in [0, 0.1) is 5.92 Å². The molecule has 178 valence electrons. The van der Waals surface area contributed by atoms with Gasteiger partial charge in [-0.05, 0) is 70.5 Å². The Hall–Kier alpha value is -1.96. The molecule has 33 heavy (non-hydrogen) atoms. The summed E-state index contributed by atoms with van der Waals surface area (Å²) in [6, 6.07) is 9.06. The van der Waals surface area contributed by atoms with Crippen LogP contribution in [0.3, 0.4) is 0 Å². The minimum Gasteiger partial charge on any atom is -0.494 e. The second-order valence-electron chi connectivity index (χ2n) is 9.88. The fourth-order valence-electron chi connectivity index (χ4n) is 5.29. The molecule has 1 amide bonds. The van der Waals surface area contributed by atoms with Crippen LogP contribution in [0.25, 0.3) is 10.6 Å². The minimum absolute atomic E-state index is 0.0792. The number of likely N-dealkylation sites (N-methyl/N-ethyl adjacent to an activating group) is 1. The van der Waals surface area contributed by atoms with Crippen molar-refractivity contribution in [2.75, 3.05) is 52.9 Å². The fraction of sp³-hybridized carbons (Fsp3) is 0.615. The van der Waals surface area contributed by atoms with Crippen molar-refractivity contribution >= 4 is 17.2 Å². The van der Waals surface area contributed by atoms with Crippen LogP contribution in [0.15, 0.2) is 24.3 Å². The number of aromatic nitrogens is 1. The van der Waals surface area contributed by atoms with Gasteiger partial charge in [0, 0.05) is 61.5 Å². The monoisotopic (exact) mass is 468 g/mol. The maximum Gasteiger partial charge on any atom is 0.226 e. The largest absolute Gasteiger partial charge is 0.494 e. The molecule has 1 aromatic carbocycles. The summed E-state index contributed by atoms with van der Waals surface area (Å²) >= 11 is 1.75. The van der Waals surface area contributed by atoms with Gasteiger partial charge in [0.2, 0.25) is 5.91 Å². The van der Waals surface area contributed by atoms with Gasteiger partial charge in [-0.15, -0.1) is 11.3 Å². The molecule has 1 aliphatic carbocycles. The first-order valence-electron chi connectivity index (χ1n) is 12.5. The quantitative estimate of drug-likeness (QED) is 0.582. The number of amides is 1. The molecule has 0 spiro atoms. The highest BCUT2D eigenvalue weighted by molar-refractivity contribution is 7.15. The van der Waals surface area contributed by atoms with Gasteiger partial charge in [0.15, 0.2) is 0 Å². The summed E-state index contributed by atoms with van der Waals surface area (Å²) < 4.78 is 5.97. The molecule has 0 radical (unpaired) electrons. The van der Waals surface area contributed by atoms with Crippen molar-refractivity contribution in [1.29, 1.82) is 0 Å². The lowest BCUT2D eigenvalue weighted by Gasteiger charge is -2.33. The van der Waals surface area contributed by atoms with Gasteiger partial charge in [0.1, 0.15) is 10.8 Å². The zero-order valence-electron chi connectivity index (χ0n) is 20.0. The molecule has 7 heteroatoms. The summed E-state index contributed by atoms with van der Waals surface area (Å²) in [5, 5.41) is 1.06. The maximum atomic E-state index is 12.9. The van der Waals surface area contributed by atoms with Crippen LogP contribution in [0.4, 0.5) is 0 Å². The van der Waals surface area contributed by atoms with Crippen LogP contribution in [0.5, 0.6) is 5.75 Å². The molecule has 0 N–H and O–H groups in total.